The normalized spacial score (nSPS) is 18.0. The Morgan fingerprint density at radius 2 is 2.11 bits per heavy atom. The SMILES string of the molecule is CCN(CC)CCC[C@H](C)NC(=O)N[C@@H]1CC(=O)N(c2cccc(F)c2)C1. The number of benzene rings is 1. The van der Waals surface area contributed by atoms with E-state index < -0.39 is 0 Å². The van der Waals surface area contributed by atoms with E-state index in [4.69, 9.17) is 0 Å². The van der Waals surface area contributed by atoms with Gasteiger partial charge in [-0.3, -0.25) is 4.79 Å². The molecule has 0 bridgehead atoms. The Balaban J connectivity index is 1.75. The molecule has 2 atom stereocenters. The van der Waals surface area contributed by atoms with Gasteiger partial charge in [0.1, 0.15) is 5.82 Å². The predicted molar refractivity (Wildman–Crippen MR) is 105 cm³/mol. The molecule has 7 heteroatoms. The van der Waals surface area contributed by atoms with Gasteiger partial charge in [-0.05, 0) is 57.6 Å². The van der Waals surface area contributed by atoms with E-state index in [2.05, 4.69) is 29.4 Å². The number of rotatable bonds is 9. The van der Waals surface area contributed by atoms with Crippen LogP contribution in [0.4, 0.5) is 14.9 Å². The van der Waals surface area contributed by atoms with Crippen LogP contribution in [0.3, 0.4) is 0 Å². The molecule has 0 unspecified atom stereocenters. The molecule has 3 amide bonds. The minimum atomic E-state index is -0.381. The van der Waals surface area contributed by atoms with Gasteiger partial charge in [-0.1, -0.05) is 19.9 Å². The van der Waals surface area contributed by atoms with E-state index in [0.717, 1.165) is 32.5 Å². The van der Waals surface area contributed by atoms with Crippen molar-refractivity contribution in [1.29, 1.82) is 0 Å². The van der Waals surface area contributed by atoms with Gasteiger partial charge >= 0.3 is 6.03 Å². The third-order valence-electron chi connectivity index (χ3n) is 4.96. The number of carbonyl (C=O) groups excluding carboxylic acids is 2. The molecule has 2 rings (SSSR count). The van der Waals surface area contributed by atoms with Crippen molar-refractivity contribution in [3.63, 3.8) is 0 Å². The summed E-state index contributed by atoms with van der Waals surface area (Å²) in [6.07, 6.45) is 2.15. The van der Waals surface area contributed by atoms with Crippen LogP contribution in [0.1, 0.15) is 40.0 Å². The third-order valence-corrected chi connectivity index (χ3v) is 4.96. The number of nitrogens with zero attached hydrogens (tertiary/aromatic N) is 2. The standard InChI is InChI=1S/C20H31FN4O2/c1-4-24(5-2)11-7-8-15(3)22-20(27)23-17-13-19(26)25(14-17)18-10-6-9-16(21)12-18/h6,9-10,12,15,17H,4-5,7-8,11,13-14H2,1-3H3,(H2,22,23,27)/t15-,17+/m0/s1. The van der Waals surface area contributed by atoms with Crippen molar-refractivity contribution in [3.05, 3.63) is 30.1 Å². The van der Waals surface area contributed by atoms with Gasteiger partial charge in [-0.25, -0.2) is 9.18 Å². The predicted octanol–water partition coefficient (Wildman–Crippen LogP) is 2.74. The lowest BCUT2D eigenvalue weighted by molar-refractivity contribution is -0.117. The second kappa shape index (κ2) is 10.3. The second-order valence-corrected chi connectivity index (χ2v) is 7.07. The summed E-state index contributed by atoms with van der Waals surface area (Å²) in [6, 6.07) is 5.48. The van der Waals surface area contributed by atoms with Crippen LogP contribution in [-0.2, 0) is 4.79 Å². The lowest BCUT2D eigenvalue weighted by atomic mass is 10.2. The molecule has 27 heavy (non-hydrogen) atoms. The number of amides is 3. The zero-order valence-electron chi connectivity index (χ0n) is 16.5. The Kier molecular flexibility index (Phi) is 8.03. The molecule has 0 radical (unpaired) electrons. The zero-order chi connectivity index (χ0) is 19.8. The highest BCUT2D eigenvalue weighted by Crippen LogP contribution is 2.22. The first-order chi connectivity index (χ1) is 12.9. The maximum absolute atomic E-state index is 13.4. The van der Waals surface area contributed by atoms with E-state index in [1.807, 2.05) is 6.92 Å². The van der Waals surface area contributed by atoms with Gasteiger partial charge in [0, 0.05) is 24.7 Å². The summed E-state index contributed by atoms with van der Waals surface area (Å²) in [6.45, 7) is 9.74. The Bertz CT molecular complexity index is 636. The van der Waals surface area contributed by atoms with E-state index in [-0.39, 0.29) is 36.3 Å². The van der Waals surface area contributed by atoms with Crippen molar-refractivity contribution in [2.45, 2.75) is 52.1 Å². The first-order valence-corrected chi connectivity index (χ1v) is 9.78. The Hall–Kier alpha value is -2.15. The van der Waals surface area contributed by atoms with Gasteiger partial charge in [-0.15, -0.1) is 0 Å². The molecule has 0 aromatic heterocycles. The van der Waals surface area contributed by atoms with Crippen molar-refractivity contribution in [3.8, 4) is 0 Å². The van der Waals surface area contributed by atoms with Crippen molar-refractivity contribution in [2.24, 2.45) is 0 Å². The van der Waals surface area contributed by atoms with Gasteiger partial charge in [-0.2, -0.15) is 0 Å². The van der Waals surface area contributed by atoms with Gasteiger partial charge < -0.3 is 20.4 Å². The summed E-state index contributed by atoms with van der Waals surface area (Å²) < 4.78 is 13.4. The Morgan fingerprint density at radius 3 is 2.78 bits per heavy atom. The molecule has 0 spiro atoms. The van der Waals surface area contributed by atoms with Crippen LogP contribution in [0.5, 0.6) is 0 Å². The topological polar surface area (TPSA) is 64.7 Å². The Labute approximate surface area is 161 Å². The number of halogens is 1. The van der Waals surface area contributed by atoms with Crippen molar-refractivity contribution < 1.29 is 14.0 Å². The number of hydrogen-bond acceptors (Lipinski definition) is 3. The van der Waals surface area contributed by atoms with Crippen LogP contribution in [0.25, 0.3) is 0 Å². The lowest BCUT2D eigenvalue weighted by Crippen LogP contribution is -2.46. The van der Waals surface area contributed by atoms with Crippen LogP contribution in [-0.4, -0.2) is 55.1 Å². The van der Waals surface area contributed by atoms with Crippen molar-refractivity contribution in [2.75, 3.05) is 31.1 Å². The molecule has 1 fully saturated rings. The van der Waals surface area contributed by atoms with Gasteiger partial charge in [0.15, 0.2) is 0 Å². The molecule has 150 valence electrons. The molecule has 1 aromatic carbocycles. The quantitative estimate of drug-likeness (QED) is 0.694. The van der Waals surface area contributed by atoms with Crippen LogP contribution in [0.2, 0.25) is 0 Å². The van der Waals surface area contributed by atoms with E-state index in [1.54, 1.807) is 12.1 Å². The van der Waals surface area contributed by atoms with E-state index >= 15 is 0 Å². The van der Waals surface area contributed by atoms with Crippen LogP contribution in [0.15, 0.2) is 24.3 Å². The zero-order valence-corrected chi connectivity index (χ0v) is 16.5. The van der Waals surface area contributed by atoms with Crippen LogP contribution < -0.4 is 15.5 Å². The van der Waals surface area contributed by atoms with E-state index in [1.165, 1.54) is 17.0 Å². The summed E-state index contributed by atoms with van der Waals surface area (Å²) in [4.78, 5) is 28.3. The number of hydrogen-bond donors (Lipinski definition) is 2. The molecule has 1 aliphatic heterocycles. The van der Waals surface area contributed by atoms with Crippen LogP contribution >= 0.6 is 0 Å². The minimum absolute atomic E-state index is 0.0667. The molecular weight excluding hydrogens is 347 g/mol. The summed E-state index contributed by atoms with van der Waals surface area (Å²) in [5.74, 6) is -0.494. The number of carbonyl (C=O) groups is 2. The fourth-order valence-electron chi connectivity index (χ4n) is 3.38. The summed E-state index contributed by atoms with van der Waals surface area (Å²) in [5, 5.41) is 5.80. The van der Waals surface area contributed by atoms with Crippen LogP contribution in [0, 0.1) is 5.82 Å². The highest BCUT2D eigenvalue weighted by molar-refractivity contribution is 5.96. The summed E-state index contributed by atoms with van der Waals surface area (Å²) >= 11 is 0. The number of anilines is 1. The first-order valence-electron chi connectivity index (χ1n) is 9.78. The molecule has 1 heterocycles. The Morgan fingerprint density at radius 1 is 1.37 bits per heavy atom. The lowest BCUT2D eigenvalue weighted by Gasteiger charge is -2.21. The second-order valence-electron chi connectivity index (χ2n) is 7.07. The fraction of sp³-hybridized carbons (Fsp3) is 0.600. The number of urea groups is 1. The molecule has 1 aromatic rings. The van der Waals surface area contributed by atoms with Gasteiger partial charge in [0.25, 0.3) is 0 Å². The summed E-state index contributed by atoms with van der Waals surface area (Å²) in [7, 11) is 0. The third kappa shape index (κ3) is 6.50. The highest BCUT2D eigenvalue weighted by Gasteiger charge is 2.31. The van der Waals surface area contributed by atoms with E-state index in [0.29, 0.717) is 12.2 Å². The molecule has 0 aliphatic carbocycles. The summed E-state index contributed by atoms with van der Waals surface area (Å²) in [5.41, 5.74) is 0.523. The molecule has 6 nitrogen and oxygen atoms in total. The van der Waals surface area contributed by atoms with Crippen molar-refractivity contribution >= 4 is 17.6 Å². The monoisotopic (exact) mass is 378 g/mol. The highest BCUT2D eigenvalue weighted by atomic mass is 19.1. The molecular formula is C20H31FN4O2. The molecule has 1 saturated heterocycles. The first kappa shape index (κ1) is 21.2. The average Bonchev–Trinajstić information content (AvgIpc) is 2.98. The van der Waals surface area contributed by atoms with E-state index in [9.17, 15) is 14.0 Å². The van der Waals surface area contributed by atoms with Crippen molar-refractivity contribution in [1.82, 2.24) is 15.5 Å². The molecule has 1 aliphatic rings. The fourth-order valence-corrected chi connectivity index (χ4v) is 3.38. The van der Waals surface area contributed by atoms with Gasteiger partial charge in [0.2, 0.25) is 5.91 Å². The smallest absolute Gasteiger partial charge is 0.315 e. The van der Waals surface area contributed by atoms with Gasteiger partial charge in [0.05, 0.1) is 6.04 Å². The minimum Gasteiger partial charge on any atom is -0.336 e. The maximum atomic E-state index is 13.4. The molecule has 2 N–H and O–H groups in total. The molecule has 0 saturated carbocycles. The number of nitrogens with one attached hydrogen (secondary N) is 2. The average molecular weight is 378 g/mol. The maximum Gasteiger partial charge on any atom is 0.315 e. The largest absolute Gasteiger partial charge is 0.336 e.